The van der Waals surface area contributed by atoms with Gasteiger partial charge in [-0.3, -0.25) is 4.79 Å². The van der Waals surface area contributed by atoms with Gasteiger partial charge >= 0.3 is 5.97 Å². The van der Waals surface area contributed by atoms with Crippen LogP contribution in [0.15, 0.2) is 0 Å². The topological polar surface area (TPSA) is 63.6 Å². The molecule has 0 radical (unpaired) electrons. The van der Waals surface area contributed by atoms with Crippen molar-refractivity contribution in [2.24, 2.45) is 5.41 Å². The highest BCUT2D eigenvalue weighted by atomic mass is 32.2. The maximum absolute atomic E-state index is 11.1. The van der Waals surface area contributed by atoms with E-state index in [1.807, 2.05) is 0 Å². The first-order valence-corrected chi connectivity index (χ1v) is 6.32. The normalized spacial score (nSPS) is 13.6. The molecule has 90 valence electrons. The molecular formula is C10H20O4S. The van der Waals surface area contributed by atoms with Gasteiger partial charge < -0.3 is 9.29 Å². The Balaban J connectivity index is 3.46. The Morgan fingerprint density at radius 2 is 2.00 bits per heavy atom. The maximum atomic E-state index is 11.1. The molecule has 0 amide bonds. The predicted octanol–water partition coefficient (Wildman–Crippen LogP) is 1.97. The van der Waals surface area contributed by atoms with E-state index in [4.69, 9.17) is 9.29 Å². The molecular weight excluding hydrogens is 216 g/mol. The van der Waals surface area contributed by atoms with Gasteiger partial charge in [-0.2, -0.15) is 0 Å². The third kappa shape index (κ3) is 11.5. The van der Waals surface area contributed by atoms with E-state index in [-0.39, 0.29) is 23.6 Å². The summed E-state index contributed by atoms with van der Waals surface area (Å²) >= 11 is -1.81. The second-order valence-electron chi connectivity index (χ2n) is 4.66. The van der Waals surface area contributed by atoms with Crippen LogP contribution >= 0.6 is 0 Å². The zero-order chi connectivity index (χ0) is 11.9. The highest BCUT2D eigenvalue weighted by molar-refractivity contribution is 7.79. The maximum Gasteiger partial charge on any atom is 0.305 e. The molecule has 0 fully saturated rings. The third-order valence-electron chi connectivity index (χ3n) is 1.81. The van der Waals surface area contributed by atoms with E-state index in [1.165, 1.54) is 0 Å². The summed E-state index contributed by atoms with van der Waals surface area (Å²) in [5, 5.41) is 0. The Labute approximate surface area is 93.7 Å². The number of rotatable bonds is 6. The van der Waals surface area contributed by atoms with Crippen LogP contribution in [0, 0.1) is 5.41 Å². The Morgan fingerprint density at radius 1 is 1.40 bits per heavy atom. The van der Waals surface area contributed by atoms with Gasteiger partial charge in [-0.1, -0.05) is 20.8 Å². The van der Waals surface area contributed by atoms with Crippen LogP contribution < -0.4 is 0 Å². The summed E-state index contributed by atoms with van der Waals surface area (Å²) in [4.78, 5) is 11.1. The lowest BCUT2D eigenvalue weighted by atomic mass is 9.93. The van der Waals surface area contributed by atoms with Gasteiger partial charge in [0.1, 0.15) is 0 Å². The fraction of sp³-hybridized carbons (Fsp3) is 0.900. The van der Waals surface area contributed by atoms with Crippen molar-refractivity contribution >= 4 is 17.0 Å². The Bertz CT molecular complexity index is 220. The molecule has 0 aliphatic rings. The van der Waals surface area contributed by atoms with Gasteiger partial charge in [0.2, 0.25) is 0 Å². The molecule has 0 aromatic rings. The van der Waals surface area contributed by atoms with Crippen LogP contribution in [-0.4, -0.2) is 27.1 Å². The number of carbonyl (C=O) groups excluding carboxylic acids is 1. The number of hydrogen-bond acceptors (Lipinski definition) is 3. The molecule has 1 atom stereocenters. The molecule has 1 N–H and O–H groups in total. The van der Waals surface area contributed by atoms with Crippen molar-refractivity contribution in [1.29, 1.82) is 0 Å². The van der Waals surface area contributed by atoms with E-state index in [9.17, 15) is 9.00 Å². The molecule has 1 unspecified atom stereocenters. The molecule has 0 aromatic heterocycles. The van der Waals surface area contributed by atoms with Gasteiger partial charge in [-0.05, 0) is 18.3 Å². The van der Waals surface area contributed by atoms with Crippen LogP contribution in [-0.2, 0) is 20.6 Å². The number of carbonyl (C=O) groups is 1. The van der Waals surface area contributed by atoms with Crippen molar-refractivity contribution < 1.29 is 18.3 Å². The molecule has 0 heterocycles. The molecule has 15 heavy (non-hydrogen) atoms. The monoisotopic (exact) mass is 236 g/mol. The van der Waals surface area contributed by atoms with Crippen molar-refractivity contribution in [3.05, 3.63) is 0 Å². The Hall–Kier alpha value is -0.420. The lowest BCUT2D eigenvalue weighted by molar-refractivity contribution is -0.144. The quantitative estimate of drug-likeness (QED) is 0.565. The van der Waals surface area contributed by atoms with E-state index in [0.29, 0.717) is 13.0 Å². The smallest absolute Gasteiger partial charge is 0.305 e. The first-order valence-electron chi connectivity index (χ1n) is 5.04. The minimum atomic E-state index is -1.81. The number of hydrogen-bond donors (Lipinski definition) is 1. The van der Waals surface area contributed by atoms with Crippen LogP contribution in [0.2, 0.25) is 0 Å². The van der Waals surface area contributed by atoms with Gasteiger partial charge in [0.05, 0.1) is 6.61 Å². The fourth-order valence-electron chi connectivity index (χ4n) is 0.883. The first kappa shape index (κ1) is 14.6. The molecule has 0 aliphatic heterocycles. The Morgan fingerprint density at radius 3 is 2.47 bits per heavy atom. The second kappa shape index (κ2) is 6.95. The van der Waals surface area contributed by atoms with Crippen LogP contribution in [0.3, 0.4) is 0 Å². The third-order valence-corrected chi connectivity index (χ3v) is 2.45. The summed E-state index contributed by atoms with van der Waals surface area (Å²) in [6.07, 6.45) is 1.44. The van der Waals surface area contributed by atoms with E-state index < -0.39 is 11.1 Å². The minimum absolute atomic E-state index is 0.133. The number of esters is 1. The molecule has 4 nitrogen and oxygen atoms in total. The lowest BCUT2D eigenvalue weighted by Gasteiger charge is -2.17. The summed E-state index contributed by atoms with van der Waals surface area (Å²) in [5.41, 5.74) is 0.160. The average Bonchev–Trinajstić information content (AvgIpc) is 2.00. The van der Waals surface area contributed by atoms with Crippen LogP contribution in [0.1, 0.15) is 40.0 Å². The van der Waals surface area contributed by atoms with Crippen molar-refractivity contribution in [3.8, 4) is 0 Å². The number of ether oxygens (including phenoxy) is 1. The Kier molecular flexibility index (Phi) is 6.76. The van der Waals surface area contributed by atoms with E-state index >= 15 is 0 Å². The molecule has 0 saturated heterocycles. The lowest BCUT2D eigenvalue weighted by Crippen LogP contribution is -2.13. The van der Waals surface area contributed by atoms with Gasteiger partial charge in [0, 0.05) is 12.2 Å². The predicted molar refractivity (Wildman–Crippen MR) is 59.9 cm³/mol. The van der Waals surface area contributed by atoms with Crippen molar-refractivity contribution in [3.63, 3.8) is 0 Å². The first-order chi connectivity index (χ1) is 6.81. The van der Waals surface area contributed by atoms with Gasteiger partial charge in [-0.15, -0.1) is 0 Å². The molecule has 0 saturated carbocycles. The van der Waals surface area contributed by atoms with Crippen molar-refractivity contribution in [2.75, 3.05) is 12.4 Å². The minimum Gasteiger partial charge on any atom is -0.466 e. The molecule has 5 heteroatoms. The highest BCUT2D eigenvalue weighted by Crippen LogP contribution is 2.18. The van der Waals surface area contributed by atoms with E-state index in [1.54, 1.807) is 0 Å². The molecule has 0 aromatic carbocycles. The summed E-state index contributed by atoms with van der Waals surface area (Å²) < 4.78 is 23.7. The zero-order valence-corrected chi connectivity index (χ0v) is 10.4. The fourth-order valence-corrected chi connectivity index (χ4v) is 1.27. The summed E-state index contributed by atoms with van der Waals surface area (Å²) in [6, 6.07) is 0. The van der Waals surface area contributed by atoms with E-state index in [0.717, 1.165) is 6.42 Å². The molecule has 0 aliphatic carbocycles. The van der Waals surface area contributed by atoms with Crippen LogP contribution in [0.4, 0.5) is 0 Å². The van der Waals surface area contributed by atoms with Crippen LogP contribution in [0.25, 0.3) is 0 Å². The van der Waals surface area contributed by atoms with E-state index in [2.05, 4.69) is 20.8 Å². The van der Waals surface area contributed by atoms with Gasteiger partial charge in [0.25, 0.3) is 0 Å². The van der Waals surface area contributed by atoms with Gasteiger partial charge in [-0.25, -0.2) is 4.21 Å². The summed E-state index contributed by atoms with van der Waals surface area (Å²) in [6.45, 7) is 6.66. The molecule has 0 rings (SSSR count). The largest absolute Gasteiger partial charge is 0.466 e. The highest BCUT2D eigenvalue weighted by Gasteiger charge is 2.11. The average molecular weight is 236 g/mol. The summed E-state index contributed by atoms with van der Waals surface area (Å²) in [5.74, 6) is -0.154. The SMILES string of the molecule is CC(C)(C)CCOC(=O)CCCS(=O)O. The molecule has 0 spiro atoms. The van der Waals surface area contributed by atoms with Crippen molar-refractivity contribution in [2.45, 2.75) is 40.0 Å². The zero-order valence-electron chi connectivity index (χ0n) is 9.62. The second-order valence-corrected chi connectivity index (χ2v) is 5.71. The molecule has 0 bridgehead atoms. The van der Waals surface area contributed by atoms with Crippen molar-refractivity contribution in [1.82, 2.24) is 0 Å². The summed E-state index contributed by atoms with van der Waals surface area (Å²) in [7, 11) is 0. The van der Waals surface area contributed by atoms with Crippen LogP contribution in [0.5, 0.6) is 0 Å². The standard InChI is InChI=1S/C10H20O4S/c1-10(2,3)6-7-14-9(11)5-4-8-15(12)13/h4-8H2,1-3H3,(H,12,13). The van der Waals surface area contributed by atoms with Gasteiger partial charge in [0.15, 0.2) is 11.1 Å².